The number of carbonyl (C=O) groups excluding carboxylic acids is 2. The second-order valence-electron chi connectivity index (χ2n) is 5.75. The van der Waals surface area contributed by atoms with Crippen molar-refractivity contribution in [2.45, 2.75) is 39.9 Å². The van der Waals surface area contributed by atoms with Crippen LogP contribution < -0.4 is 0 Å². The standard InChI is InChI=1S/C18H21NO4/c1-11(2)22-17(20)9-14(18(21)23-12(3)4)15-10-19-16-8-6-5-7-13(15)16/h5-12,19H,1-4H3/b14-9+. The van der Waals surface area contributed by atoms with E-state index < -0.39 is 11.9 Å². The molecule has 0 aliphatic heterocycles. The molecule has 1 aromatic heterocycles. The third-order valence-corrected chi connectivity index (χ3v) is 3.06. The molecular formula is C18H21NO4. The highest BCUT2D eigenvalue weighted by atomic mass is 16.5. The number of H-pyrrole nitrogens is 1. The summed E-state index contributed by atoms with van der Waals surface area (Å²) in [7, 11) is 0. The van der Waals surface area contributed by atoms with Crippen LogP contribution in [0.2, 0.25) is 0 Å². The van der Waals surface area contributed by atoms with Gasteiger partial charge in [0.2, 0.25) is 0 Å². The van der Waals surface area contributed by atoms with Gasteiger partial charge in [-0.15, -0.1) is 0 Å². The molecule has 0 aliphatic carbocycles. The molecule has 23 heavy (non-hydrogen) atoms. The van der Waals surface area contributed by atoms with Gasteiger partial charge >= 0.3 is 11.9 Å². The molecule has 0 bridgehead atoms. The van der Waals surface area contributed by atoms with Gasteiger partial charge in [0.15, 0.2) is 0 Å². The van der Waals surface area contributed by atoms with Crippen LogP contribution in [-0.2, 0) is 19.1 Å². The number of aromatic nitrogens is 1. The predicted molar refractivity (Wildman–Crippen MR) is 88.7 cm³/mol. The van der Waals surface area contributed by atoms with Crippen LogP contribution in [0, 0.1) is 0 Å². The summed E-state index contributed by atoms with van der Waals surface area (Å²) in [6.07, 6.45) is 2.35. The lowest BCUT2D eigenvalue weighted by Crippen LogP contribution is -2.15. The molecule has 1 heterocycles. The summed E-state index contributed by atoms with van der Waals surface area (Å²) in [5.41, 5.74) is 1.68. The van der Waals surface area contributed by atoms with Crippen molar-refractivity contribution < 1.29 is 19.1 Å². The average Bonchev–Trinajstić information content (AvgIpc) is 2.87. The smallest absolute Gasteiger partial charge is 0.339 e. The molecule has 2 aromatic rings. The van der Waals surface area contributed by atoms with Crippen molar-refractivity contribution in [2.75, 3.05) is 0 Å². The van der Waals surface area contributed by atoms with E-state index in [4.69, 9.17) is 9.47 Å². The lowest BCUT2D eigenvalue weighted by molar-refractivity contribution is -0.143. The molecule has 0 atom stereocenters. The van der Waals surface area contributed by atoms with Crippen LogP contribution in [0.1, 0.15) is 33.3 Å². The third kappa shape index (κ3) is 4.22. The molecule has 5 heteroatoms. The van der Waals surface area contributed by atoms with Crippen molar-refractivity contribution in [1.29, 1.82) is 0 Å². The molecule has 0 spiro atoms. The Morgan fingerprint density at radius 2 is 1.70 bits per heavy atom. The van der Waals surface area contributed by atoms with Gasteiger partial charge in [-0.25, -0.2) is 9.59 Å². The summed E-state index contributed by atoms with van der Waals surface area (Å²) in [5, 5.41) is 0.844. The van der Waals surface area contributed by atoms with Gasteiger partial charge in [0.25, 0.3) is 0 Å². The number of hydrogen-bond acceptors (Lipinski definition) is 4. The Hall–Kier alpha value is -2.56. The minimum Gasteiger partial charge on any atom is -0.460 e. The van der Waals surface area contributed by atoms with E-state index in [0.29, 0.717) is 5.56 Å². The monoisotopic (exact) mass is 315 g/mol. The summed E-state index contributed by atoms with van der Waals surface area (Å²) in [4.78, 5) is 27.5. The van der Waals surface area contributed by atoms with E-state index in [1.807, 2.05) is 24.3 Å². The first-order chi connectivity index (χ1) is 10.9. The van der Waals surface area contributed by atoms with Crippen molar-refractivity contribution >= 4 is 28.4 Å². The van der Waals surface area contributed by atoms with Gasteiger partial charge in [-0.05, 0) is 33.8 Å². The Morgan fingerprint density at radius 1 is 1.04 bits per heavy atom. The van der Waals surface area contributed by atoms with Gasteiger partial charge in [-0.2, -0.15) is 0 Å². The highest BCUT2D eigenvalue weighted by molar-refractivity contribution is 6.23. The molecule has 0 fully saturated rings. The molecule has 1 aromatic carbocycles. The number of benzene rings is 1. The molecule has 0 aliphatic rings. The topological polar surface area (TPSA) is 68.4 Å². The first kappa shape index (κ1) is 16.8. The Balaban J connectivity index is 2.46. The maximum atomic E-state index is 12.4. The van der Waals surface area contributed by atoms with E-state index in [-0.39, 0.29) is 17.8 Å². The molecule has 122 valence electrons. The van der Waals surface area contributed by atoms with Crippen molar-refractivity contribution in [1.82, 2.24) is 4.98 Å². The molecule has 2 rings (SSSR count). The summed E-state index contributed by atoms with van der Waals surface area (Å²) in [6, 6.07) is 7.55. The number of esters is 2. The van der Waals surface area contributed by atoms with Gasteiger partial charge in [0.1, 0.15) is 0 Å². The number of ether oxygens (including phenoxy) is 2. The summed E-state index contributed by atoms with van der Waals surface area (Å²) in [5.74, 6) is -1.12. The number of para-hydroxylation sites is 1. The maximum Gasteiger partial charge on any atom is 0.339 e. The number of nitrogens with one attached hydrogen (secondary N) is 1. The fourth-order valence-electron chi connectivity index (χ4n) is 2.20. The van der Waals surface area contributed by atoms with Crippen LogP contribution >= 0.6 is 0 Å². The molecule has 0 amide bonds. The number of rotatable bonds is 5. The van der Waals surface area contributed by atoms with E-state index in [1.54, 1.807) is 33.9 Å². The fourth-order valence-corrected chi connectivity index (χ4v) is 2.20. The zero-order valence-electron chi connectivity index (χ0n) is 13.8. The Labute approximate surface area is 135 Å². The van der Waals surface area contributed by atoms with E-state index in [0.717, 1.165) is 10.9 Å². The van der Waals surface area contributed by atoms with Gasteiger partial charge in [0, 0.05) is 28.7 Å². The SMILES string of the molecule is CC(C)OC(=O)/C=C(/C(=O)OC(C)C)c1c[nH]c2ccccc12. The molecule has 0 radical (unpaired) electrons. The Bertz CT molecular complexity index is 740. The van der Waals surface area contributed by atoms with Crippen molar-refractivity contribution in [3.05, 3.63) is 42.1 Å². The molecule has 0 saturated heterocycles. The highest BCUT2D eigenvalue weighted by Gasteiger charge is 2.20. The Morgan fingerprint density at radius 3 is 2.35 bits per heavy atom. The zero-order chi connectivity index (χ0) is 17.0. The van der Waals surface area contributed by atoms with Gasteiger partial charge in [-0.3, -0.25) is 0 Å². The van der Waals surface area contributed by atoms with Crippen molar-refractivity contribution in [3.63, 3.8) is 0 Å². The first-order valence-electron chi connectivity index (χ1n) is 7.58. The minimum atomic E-state index is -0.569. The summed E-state index contributed by atoms with van der Waals surface area (Å²) in [6.45, 7) is 7.03. The average molecular weight is 315 g/mol. The van der Waals surface area contributed by atoms with Gasteiger partial charge < -0.3 is 14.5 Å². The summed E-state index contributed by atoms with van der Waals surface area (Å²) < 4.78 is 10.4. The van der Waals surface area contributed by atoms with Gasteiger partial charge in [0.05, 0.1) is 17.8 Å². The van der Waals surface area contributed by atoms with Crippen LogP contribution in [0.15, 0.2) is 36.5 Å². The van der Waals surface area contributed by atoms with Crippen LogP contribution in [-0.4, -0.2) is 29.1 Å². The molecule has 0 unspecified atom stereocenters. The zero-order valence-corrected chi connectivity index (χ0v) is 13.8. The van der Waals surface area contributed by atoms with Crippen LogP contribution in [0.25, 0.3) is 16.5 Å². The second-order valence-corrected chi connectivity index (χ2v) is 5.75. The largest absolute Gasteiger partial charge is 0.460 e. The minimum absolute atomic E-state index is 0.182. The molecule has 0 saturated carbocycles. The summed E-state index contributed by atoms with van der Waals surface area (Å²) >= 11 is 0. The second kappa shape index (κ2) is 7.13. The number of fused-ring (bicyclic) bond motifs is 1. The van der Waals surface area contributed by atoms with Crippen LogP contribution in [0.3, 0.4) is 0 Å². The lowest BCUT2D eigenvalue weighted by Gasteiger charge is -2.11. The third-order valence-electron chi connectivity index (χ3n) is 3.06. The highest BCUT2D eigenvalue weighted by Crippen LogP contribution is 2.26. The first-order valence-corrected chi connectivity index (χ1v) is 7.58. The van der Waals surface area contributed by atoms with Crippen molar-refractivity contribution in [3.8, 4) is 0 Å². The molecule has 5 nitrogen and oxygen atoms in total. The maximum absolute atomic E-state index is 12.4. The van der Waals surface area contributed by atoms with Crippen LogP contribution in [0.4, 0.5) is 0 Å². The van der Waals surface area contributed by atoms with E-state index >= 15 is 0 Å². The predicted octanol–water partition coefficient (Wildman–Crippen LogP) is 3.45. The van der Waals surface area contributed by atoms with E-state index in [1.165, 1.54) is 6.08 Å². The van der Waals surface area contributed by atoms with Crippen LogP contribution in [0.5, 0.6) is 0 Å². The fraction of sp³-hybridized carbons (Fsp3) is 0.333. The number of hydrogen-bond donors (Lipinski definition) is 1. The lowest BCUT2D eigenvalue weighted by atomic mass is 10.0. The van der Waals surface area contributed by atoms with Gasteiger partial charge in [-0.1, -0.05) is 18.2 Å². The number of aromatic amines is 1. The molecule has 1 N–H and O–H groups in total. The Kier molecular flexibility index (Phi) is 5.21. The van der Waals surface area contributed by atoms with Crippen molar-refractivity contribution in [2.24, 2.45) is 0 Å². The quantitative estimate of drug-likeness (QED) is 0.678. The number of carbonyl (C=O) groups is 2. The molecular weight excluding hydrogens is 294 g/mol. The normalized spacial score (nSPS) is 12.0. The van der Waals surface area contributed by atoms with E-state index in [2.05, 4.69) is 4.98 Å². The van der Waals surface area contributed by atoms with E-state index in [9.17, 15) is 9.59 Å².